The second kappa shape index (κ2) is 12.9. The van der Waals surface area contributed by atoms with Gasteiger partial charge in [0.2, 0.25) is 5.91 Å². The van der Waals surface area contributed by atoms with Crippen LogP contribution in [0.1, 0.15) is 106 Å². The molecule has 2 bridgehead atoms. The number of fused-ring (bicyclic) bond motifs is 2. The lowest BCUT2D eigenvalue weighted by Gasteiger charge is -2.34. The molecule has 42 heavy (non-hydrogen) atoms. The molecule has 4 fully saturated rings. The third kappa shape index (κ3) is 6.38. The summed E-state index contributed by atoms with van der Waals surface area (Å²) in [5.41, 5.74) is -0.258. The van der Waals surface area contributed by atoms with Gasteiger partial charge in [-0.05, 0) is 88.5 Å². The number of aliphatic carboxylic acids is 1. The van der Waals surface area contributed by atoms with E-state index >= 15 is 0 Å². The topological polar surface area (TPSA) is 138 Å². The molecule has 9 heteroatoms. The van der Waals surface area contributed by atoms with Crippen molar-refractivity contribution in [1.29, 1.82) is 5.26 Å². The average Bonchev–Trinajstić information content (AvgIpc) is 3.49. The Kier molecular flexibility index (Phi) is 9.29. The van der Waals surface area contributed by atoms with E-state index in [1.54, 1.807) is 13.0 Å². The van der Waals surface area contributed by atoms with Gasteiger partial charge in [-0.1, -0.05) is 25.7 Å². The zero-order valence-electron chi connectivity index (χ0n) is 25.0. The van der Waals surface area contributed by atoms with Gasteiger partial charge in [0.15, 0.2) is 0 Å². The number of carboxylic acids is 1. The number of methoxy groups -OCH3 is 1. The number of nitriles is 1. The van der Waals surface area contributed by atoms with Crippen molar-refractivity contribution in [2.45, 2.75) is 103 Å². The van der Waals surface area contributed by atoms with Gasteiger partial charge in [0, 0.05) is 18.7 Å². The van der Waals surface area contributed by atoms with Crippen LogP contribution in [0, 0.1) is 40.4 Å². The Hall–Kier alpha value is -3.28. The summed E-state index contributed by atoms with van der Waals surface area (Å²) in [7, 11) is 1.46. The third-order valence-electron chi connectivity index (χ3n) is 10.6. The molecule has 228 valence electrons. The Balaban J connectivity index is 1.28. The summed E-state index contributed by atoms with van der Waals surface area (Å²) in [6, 6.07) is 4.97. The van der Waals surface area contributed by atoms with Crippen LogP contribution in [-0.2, 0) is 9.59 Å². The minimum atomic E-state index is -0.806. The van der Waals surface area contributed by atoms with Crippen LogP contribution >= 0.6 is 0 Å². The minimum Gasteiger partial charge on any atom is -0.496 e. The molecule has 1 aromatic carbocycles. The molecule has 9 nitrogen and oxygen atoms in total. The standard InChI is InChI=1S/C33H45N3O6/c1-33(32(39)40)13-11-24(12-14-33)42-26-17-25(27(41-2)16-23(26)18-34)30(37)36-29-22-10-9-21(15-22)28(29)31(38)35-19-20-7-5-3-4-6-8-20/h16-17,20-22,24,28-29H,3-15,19H2,1-2H3,(H,35,38)(H,36,37)(H,39,40)/t21-,22+,24?,28+,29-,33?/m1/s1. The van der Waals surface area contributed by atoms with Gasteiger partial charge in [-0.3, -0.25) is 14.4 Å². The van der Waals surface area contributed by atoms with Gasteiger partial charge >= 0.3 is 5.97 Å². The highest BCUT2D eigenvalue weighted by Gasteiger charge is 2.51. The van der Waals surface area contributed by atoms with Crippen LogP contribution in [-0.4, -0.2) is 48.7 Å². The summed E-state index contributed by atoms with van der Waals surface area (Å²) < 4.78 is 11.7. The van der Waals surface area contributed by atoms with Crippen molar-refractivity contribution in [3.05, 3.63) is 23.3 Å². The lowest BCUT2D eigenvalue weighted by molar-refractivity contribution is -0.150. The van der Waals surface area contributed by atoms with E-state index in [0.717, 1.165) is 19.3 Å². The Labute approximate surface area is 248 Å². The van der Waals surface area contributed by atoms with Crippen molar-refractivity contribution in [2.75, 3.05) is 13.7 Å². The summed E-state index contributed by atoms with van der Waals surface area (Å²) in [6.45, 7) is 2.47. The van der Waals surface area contributed by atoms with Crippen LogP contribution in [0.15, 0.2) is 12.1 Å². The maximum atomic E-state index is 13.7. The highest BCUT2D eigenvalue weighted by atomic mass is 16.5. The molecule has 0 radical (unpaired) electrons. The van der Waals surface area contributed by atoms with E-state index in [2.05, 4.69) is 16.7 Å². The molecular formula is C33H45N3O6. The van der Waals surface area contributed by atoms with Gasteiger partial charge in [0.05, 0.1) is 35.7 Å². The van der Waals surface area contributed by atoms with Crippen molar-refractivity contribution in [3.8, 4) is 17.6 Å². The van der Waals surface area contributed by atoms with Crippen molar-refractivity contribution < 1.29 is 29.0 Å². The lowest BCUT2D eigenvalue weighted by atomic mass is 9.75. The fraction of sp³-hybridized carbons (Fsp3) is 0.697. The van der Waals surface area contributed by atoms with E-state index in [1.165, 1.54) is 51.7 Å². The van der Waals surface area contributed by atoms with E-state index in [1.807, 2.05) is 0 Å². The molecule has 4 saturated carbocycles. The van der Waals surface area contributed by atoms with E-state index < -0.39 is 11.4 Å². The number of ether oxygens (including phenoxy) is 2. The molecule has 4 atom stereocenters. The molecule has 3 N–H and O–H groups in total. The van der Waals surface area contributed by atoms with E-state index in [4.69, 9.17) is 9.47 Å². The predicted octanol–water partition coefficient (Wildman–Crippen LogP) is 5.21. The van der Waals surface area contributed by atoms with Crippen LogP contribution in [0.25, 0.3) is 0 Å². The van der Waals surface area contributed by atoms with Gasteiger partial charge in [-0.15, -0.1) is 0 Å². The number of nitrogens with one attached hydrogen (secondary N) is 2. The summed E-state index contributed by atoms with van der Waals surface area (Å²) in [5.74, 6) is 0.294. The number of benzene rings is 1. The molecule has 4 aliphatic carbocycles. The van der Waals surface area contributed by atoms with E-state index in [0.29, 0.717) is 38.1 Å². The molecule has 0 saturated heterocycles. The van der Waals surface area contributed by atoms with Crippen LogP contribution in [0.4, 0.5) is 0 Å². The maximum absolute atomic E-state index is 13.7. The number of amides is 2. The zero-order chi connectivity index (χ0) is 29.9. The van der Waals surface area contributed by atoms with E-state index in [9.17, 15) is 24.8 Å². The number of carbonyl (C=O) groups is 3. The average molecular weight is 580 g/mol. The predicted molar refractivity (Wildman–Crippen MR) is 156 cm³/mol. The van der Waals surface area contributed by atoms with Gasteiger partial charge in [0.1, 0.15) is 17.6 Å². The van der Waals surface area contributed by atoms with Crippen molar-refractivity contribution in [2.24, 2.45) is 29.1 Å². The van der Waals surface area contributed by atoms with Gasteiger partial charge < -0.3 is 25.2 Å². The molecule has 0 unspecified atom stereocenters. The Morgan fingerprint density at radius 3 is 2.33 bits per heavy atom. The zero-order valence-corrected chi connectivity index (χ0v) is 25.0. The normalized spacial score (nSPS) is 31.0. The molecular weight excluding hydrogens is 534 g/mol. The van der Waals surface area contributed by atoms with Gasteiger partial charge in [-0.25, -0.2) is 0 Å². The molecule has 5 rings (SSSR count). The molecule has 0 aliphatic heterocycles. The number of rotatable bonds is 9. The second-order valence-electron chi connectivity index (χ2n) is 13.3. The van der Waals surface area contributed by atoms with E-state index in [-0.39, 0.29) is 64.3 Å². The smallest absolute Gasteiger partial charge is 0.309 e. The molecule has 4 aliphatic rings. The third-order valence-corrected chi connectivity index (χ3v) is 10.6. The van der Waals surface area contributed by atoms with Crippen LogP contribution in [0.3, 0.4) is 0 Å². The summed E-state index contributed by atoms with van der Waals surface area (Å²) in [6.07, 6.45) is 12.1. The highest BCUT2D eigenvalue weighted by Crippen LogP contribution is 2.49. The SMILES string of the molecule is COc1cc(C#N)c(OC2CCC(C)(C(=O)O)CC2)cc1C(=O)N[C@@H]1[C@H]2CC[C@H](C2)[C@@H]1C(=O)NCC1CCCCCC1. The van der Waals surface area contributed by atoms with Gasteiger partial charge in [0.25, 0.3) is 5.91 Å². The quantitative estimate of drug-likeness (QED) is 0.342. The second-order valence-corrected chi connectivity index (χ2v) is 13.3. The Morgan fingerprint density at radius 1 is 1.00 bits per heavy atom. The van der Waals surface area contributed by atoms with Crippen LogP contribution in [0.5, 0.6) is 11.5 Å². The molecule has 0 aromatic heterocycles. The van der Waals surface area contributed by atoms with Gasteiger partial charge in [-0.2, -0.15) is 5.26 Å². The summed E-state index contributed by atoms with van der Waals surface area (Å²) in [5, 5.41) is 25.8. The van der Waals surface area contributed by atoms with Crippen molar-refractivity contribution in [3.63, 3.8) is 0 Å². The fourth-order valence-corrected chi connectivity index (χ4v) is 7.87. The maximum Gasteiger partial charge on any atom is 0.309 e. The molecule has 0 spiro atoms. The Bertz CT molecular complexity index is 1210. The number of hydrogen-bond donors (Lipinski definition) is 3. The summed E-state index contributed by atoms with van der Waals surface area (Å²) in [4.78, 5) is 38.9. The number of hydrogen-bond acceptors (Lipinski definition) is 6. The first-order valence-corrected chi connectivity index (χ1v) is 15.8. The first-order valence-electron chi connectivity index (χ1n) is 15.8. The minimum absolute atomic E-state index is 0.0539. The van der Waals surface area contributed by atoms with Crippen LogP contribution < -0.4 is 20.1 Å². The number of nitrogens with zero attached hydrogens (tertiary/aromatic N) is 1. The highest BCUT2D eigenvalue weighted by molar-refractivity contribution is 5.98. The number of carboxylic acid groups (broad SMARTS) is 1. The van der Waals surface area contributed by atoms with Crippen molar-refractivity contribution >= 4 is 17.8 Å². The largest absolute Gasteiger partial charge is 0.496 e. The lowest BCUT2D eigenvalue weighted by Crippen LogP contribution is -2.50. The Morgan fingerprint density at radius 2 is 1.69 bits per heavy atom. The monoisotopic (exact) mass is 579 g/mol. The summed E-state index contributed by atoms with van der Waals surface area (Å²) >= 11 is 0. The molecule has 2 amide bonds. The first kappa shape index (κ1) is 30.2. The molecule has 0 heterocycles. The number of carbonyl (C=O) groups excluding carboxylic acids is 2. The van der Waals surface area contributed by atoms with Crippen molar-refractivity contribution in [1.82, 2.24) is 10.6 Å². The van der Waals surface area contributed by atoms with Crippen LogP contribution in [0.2, 0.25) is 0 Å². The fourth-order valence-electron chi connectivity index (χ4n) is 7.87. The molecule has 1 aromatic rings. The first-order chi connectivity index (χ1) is 20.2.